The molecule has 0 aliphatic carbocycles. The minimum Gasteiger partial charge on any atom is -0.331 e. The Balaban J connectivity index is 1.45. The number of amides is 2. The third kappa shape index (κ3) is 4.11. The lowest BCUT2D eigenvalue weighted by Crippen LogP contribution is -2.45. The van der Waals surface area contributed by atoms with Gasteiger partial charge in [0.05, 0.1) is 12.1 Å². The zero-order chi connectivity index (χ0) is 21.1. The smallest absolute Gasteiger partial charge is 0.249 e. The van der Waals surface area contributed by atoms with Crippen LogP contribution in [0.15, 0.2) is 60.0 Å². The van der Waals surface area contributed by atoms with Gasteiger partial charge in [0.15, 0.2) is 0 Å². The Morgan fingerprint density at radius 3 is 2.77 bits per heavy atom. The van der Waals surface area contributed by atoms with Crippen molar-refractivity contribution in [2.45, 2.75) is 25.8 Å². The van der Waals surface area contributed by atoms with Gasteiger partial charge in [-0.2, -0.15) is 0 Å². The molecule has 0 radical (unpaired) electrons. The highest BCUT2D eigenvalue weighted by Gasteiger charge is 2.38. The minimum atomic E-state index is -0.455. The number of carbonyl (C=O) groups excluding carboxylic acids is 2. The molecule has 1 saturated heterocycles. The largest absolute Gasteiger partial charge is 0.331 e. The van der Waals surface area contributed by atoms with Gasteiger partial charge in [0, 0.05) is 29.7 Å². The lowest BCUT2D eigenvalue weighted by atomic mass is 10.2. The van der Waals surface area contributed by atoms with Crippen molar-refractivity contribution < 1.29 is 14.0 Å². The molecule has 3 aromatic rings. The monoisotopic (exact) mass is 423 g/mol. The molecular formula is C23H22FN3O2S. The summed E-state index contributed by atoms with van der Waals surface area (Å²) >= 11 is 1.38. The molecule has 2 amide bonds. The third-order valence-corrected chi connectivity index (χ3v) is 6.18. The van der Waals surface area contributed by atoms with E-state index < -0.39 is 6.04 Å². The molecule has 0 bridgehead atoms. The summed E-state index contributed by atoms with van der Waals surface area (Å²) in [6, 6.07) is 15.3. The van der Waals surface area contributed by atoms with E-state index in [-0.39, 0.29) is 24.1 Å². The molecule has 7 heteroatoms. The Labute approximate surface area is 178 Å². The van der Waals surface area contributed by atoms with Crippen LogP contribution in [-0.2, 0) is 16.0 Å². The van der Waals surface area contributed by atoms with Crippen LogP contribution in [0.3, 0.4) is 0 Å². The van der Waals surface area contributed by atoms with Crippen LogP contribution in [0.25, 0.3) is 10.6 Å². The van der Waals surface area contributed by atoms with Gasteiger partial charge in [0.2, 0.25) is 11.8 Å². The van der Waals surface area contributed by atoms with E-state index in [0.29, 0.717) is 35.8 Å². The molecule has 5 nitrogen and oxygen atoms in total. The summed E-state index contributed by atoms with van der Waals surface area (Å²) < 4.78 is 13.5. The van der Waals surface area contributed by atoms with Gasteiger partial charge in [-0.15, -0.1) is 11.3 Å². The van der Waals surface area contributed by atoms with Crippen molar-refractivity contribution in [3.05, 3.63) is 71.5 Å². The van der Waals surface area contributed by atoms with Gasteiger partial charge in [-0.1, -0.05) is 30.3 Å². The zero-order valence-corrected chi connectivity index (χ0v) is 17.4. The van der Waals surface area contributed by atoms with Gasteiger partial charge < -0.3 is 9.80 Å². The first-order valence-electron chi connectivity index (χ1n) is 9.93. The average Bonchev–Trinajstić information content (AvgIpc) is 3.37. The molecule has 1 aromatic heterocycles. The summed E-state index contributed by atoms with van der Waals surface area (Å²) in [6.07, 6.45) is 0.730. The maximum absolute atomic E-state index is 13.5. The van der Waals surface area contributed by atoms with Crippen molar-refractivity contribution in [3.8, 4) is 10.6 Å². The van der Waals surface area contributed by atoms with Crippen LogP contribution >= 0.6 is 11.3 Å². The van der Waals surface area contributed by atoms with Crippen molar-refractivity contribution >= 4 is 28.8 Å². The van der Waals surface area contributed by atoms with Crippen LogP contribution in [0.4, 0.5) is 10.1 Å². The zero-order valence-electron chi connectivity index (χ0n) is 16.6. The maximum Gasteiger partial charge on any atom is 0.249 e. The summed E-state index contributed by atoms with van der Waals surface area (Å²) in [5, 5.41) is 2.49. The molecule has 154 valence electrons. The highest BCUT2D eigenvalue weighted by atomic mass is 32.1. The molecule has 1 atom stereocenters. The van der Waals surface area contributed by atoms with Crippen LogP contribution in [-0.4, -0.2) is 40.8 Å². The summed E-state index contributed by atoms with van der Waals surface area (Å²) in [5.74, 6) is -0.489. The standard InChI is InChI=1S/C23H22FN3O2S/c1-2-26(20-11-12-27(23(20)29)19-9-4-3-5-10-19)21(28)14-18-15-30-22(25-18)16-7-6-8-17(24)13-16/h3-10,13,15,20H,2,11-12,14H2,1H3. The molecule has 2 heterocycles. The second kappa shape index (κ2) is 8.75. The molecule has 0 saturated carbocycles. The number of likely N-dealkylation sites (N-methyl/N-ethyl adjacent to an activating group) is 1. The number of rotatable bonds is 6. The van der Waals surface area contributed by atoms with Crippen molar-refractivity contribution in [3.63, 3.8) is 0 Å². The summed E-state index contributed by atoms with van der Waals surface area (Å²) in [6.45, 7) is 2.94. The molecular weight excluding hydrogens is 401 g/mol. The average molecular weight is 424 g/mol. The van der Waals surface area contributed by atoms with E-state index in [2.05, 4.69) is 4.98 Å². The number of benzene rings is 2. The number of thiazole rings is 1. The topological polar surface area (TPSA) is 53.5 Å². The predicted octanol–water partition coefficient (Wildman–Crippen LogP) is 4.15. The van der Waals surface area contributed by atoms with E-state index in [4.69, 9.17) is 0 Å². The van der Waals surface area contributed by atoms with Gasteiger partial charge in [-0.05, 0) is 37.6 Å². The fraction of sp³-hybridized carbons (Fsp3) is 0.261. The van der Waals surface area contributed by atoms with E-state index in [9.17, 15) is 14.0 Å². The van der Waals surface area contributed by atoms with Crippen molar-refractivity contribution in [2.75, 3.05) is 18.0 Å². The van der Waals surface area contributed by atoms with Gasteiger partial charge in [0.25, 0.3) is 0 Å². The summed E-state index contributed by atoms with van der Waals surface area (Å²) in [5.41, 5.74) is 2.18. The Morgan fingerprint density at radius 2 is 2.03 bits per heavy atom. The van der Waals surface area contributed by atoms with Gasteiger partial charge >= 0.3 is 0 Å². The van der Waals surface area contributed by atoms with Gasteiger partial charge in [-0.25, -0.2) is 9.37 Å². The molecule has 2 aromatic carbocycles. The molecule has 30 heavy (non-hydrogen) atoms. The second-order valence-electron chi connectivity index (χ2n) is 7.14. The highest BCUT2D eigenvalue weighted by molar-refractivity contribution is 7.13. The van der Waals surface area contributed by atoms with E-state index >= 15 is 0 Å². The molecule has 1 fully saturated rings. The van der Waals surface area contributed by atoms with Crippen LogP contribution in [0.1, 0.15) is 19.0 Å². The Bertz CT molecular complexity index is 1050. The van der Waals surface area contributed by atoms with Crippen LogP contribution in [0, 0.1) is 5.82 Å². The van der Waals surface area contributed by atoms with E-state index in [1.54, 1.807) is 21.9 Å². The van der Waals surface area contributed by atoms with Crippen molar-refractivity contribution in [1.29, 1.82) is 0 Å². The first-order valence-corrected chi connectivity index (χ1v) is 10.8. The predicted molar refractivity (Wildman–Crippen MR) is 116 cm³/mol. The lowest BCUT2D eigenvalue weighted by molar-refractivity contribution is -0.137. The molecule has 1 aliphatic heterocycles. The lowest BCUT2D eigenvalue weighted by Gasteiger charge is -2.26. The van der Waals surface area contributed by atoms with Crippen LogP contribution < -0.4 is 4.90 Å². The Hall–Kier alpha value is -3.06. The first kappa shape index (κ1) is 20.2. The fourth-order valence-electron chi connectivity index (χ4n) is 3.79. The Kier molecular flexibility index (Phi) is 5.90. The van der Waals surface area contributed by atoms with Gasteiger partial charge in [0.1, 0.15) is 16.9 Å². The highest BCUT2D eigenvalue weighted by Crippen LogP contribution is 2.27. The molecule has 1 aliphatic rings. The summed E-state index contributed by atoms with van der Waals surface area (Å²) in [4.78, 5) is 33.8. The SMILES string of the molecule is CCN(C(=O)Cc1csc(-c2cccc(F)c2)n1)C1CCN(c2ccccc2)C1=O. The second-order valence-corrected chi connectivity index (χ2v) is 8.00. The molecule has 4 rings (SSSR count). The number of nitrogens with zero attached hydrogens (tertiary/aromatic N) is 3. The first-order chi connectivity index (χ1) is 14.6. The normalized spacial score (nSPS) is 16.1. The Morgan fingerprint density at radius 1 is 1.23 bits per heavy atom. The molecule has 0 spiro atoms. The van der Waals surface area contributed by atoms with E-state index in [1.807, 2.05) is 42.6 Å². The number of hydrogen-bond acceptors (Lipinski definition) is 4. The molecule has 1 unspecified atom stereocenters. The van der Waals surface area contributed by atoms with Crippen molar-refractivity contribution in [1.82, 2.24) is 9.88 Å². The van der Waals surface area contributed by atoms with E-state index in [0.717, 1.165) is 5.69 Å². The van der Waals surface area contributed by atoms with Gasteiger partial charge in [-0.3, -0.25) is 9.59 Å². The fourth-order valence-corrected chi connectivity index (χ4v) is 4.60. The number of para-hydroxylation sites is 1. The van der Waals surface area contributed by atoms with Crippen LogP contribution in [0.5, 0.6) is 0 Å². The quantitative estimate of drug-likeness (QED) is 0.599. The minimum absolute atomic E-state index is 0.0462. The van der Waals surface area contributed by atoms with E-state index in [1.165, 1.54) is 23.5 Å². The number of carbonyl (C=O) groups is 2. The van der Waals surface area contributed by atoms with Crippen LogP contribution in [0.2, 0.25) is 0 Å². The number of halogens is 1. The number of hydrogen-bond donors (Lipinski definition) is 0. The van der Waals surface area contributed by atoms with Crippen molar-refractivity contribution in [2.24, 2.45) is 0 Å². The maximum atomic E-state index is 13.5. The number of anilines is 1. The number of aromatic nitrogens is 1. The summed E-state index contributed by atoms with van der Waals surface area (Å²) in [7, 11) is 0. The molecule has 0 N–H and O–H groups in total. The third-order valence-electron chi connectivity index (χ3n) is 5.24.